The molecule has 6 N–H and O–H groups in total. The Balaban J connectivity index is 2.13. The zero-order valence-electron chi connectivity index (χ0n) is 13.9. The minimum absolute atomic E-state index is 0.510. The van der Waals surface area contributed by atoms with Gasteiger partial charge in [0.25, 0.3) is 0 Å². The summed E-state index contributed by atoms with van der Waals surface area (Å²) in [5.41, 5.74) is 0. The zero-order valence-corrected chi connectivity index (χ0v) is 13.9. The van der Waals surface area contributed by atoms with Crippen molar-refractivity contribution in [2.24, 2.45) is 0 Å². The van der Waals surface area contributed by atoms with Crippen LogP contribution in [-0.4, -0.2) is 119 Å². The minimum Gasteiger partial charge on any atom is -0.394 e. The molecule has 0 aromatic rings. The molecule has 0 bridgehead atoms. The second-order valence-electron chi connectivity index (χ2n) is 5.95. The molecule has 2 fully saturated rings. The molecule has 0 spiro atoms. The molecule has 0 aromatic heterocycles. The lowest BCUT2D eigenvalue weighted by Crippen LogP contribution is -2.64. The van der Waals surface area contributed by atoms with Gasteiger partial charge in [-0.2, -0.15) is 0 Å². The summed E-state index contributed by atoms with van der Waals surface area (Å²) in [5, 5.41) is 59.3. The second kappa shape index (κ2) is 8.97. The number of rotatable bonds is 6. The van der Waals surface area contributed by atoms with E-state index in [0.29, 0.717) is 0 Å². The molecule has 0 aromatic carbocycles. The van der Waals surface area contributed by atoms with Crippen LogP contribution < -0.4 is 0 Å². The molecule has 2 aliphatic rings. The lowest BCUT2D eigenvalue weighted by Gasteiger charge is -2.46. The Labute approximate surface area is 144 Å². The lowest BCUT2D eigenvalue weighted by atomic mass is 9.97. The Bertz CT molecular complexity index is 406. The Kier molecular flexibility index (Phi) is 7.49. The van der Waals surface area contributed by atoms with E-state index in [-0.39, 0.29) is 0 Å². The molecule has 2 saturated heterocycles. The fourth-order valence-electron chi connectivity index (χ4n) is 3.03. The van der Waals surface area contributed by atoms with Crippen LogP contribution in [0.4, 0.5) is 0 Å². The highest BCUT2D eigenvalue weighted by Crippen LogP contribution is 2.29. The van der Waals surface area contributed by atoms with Crippen LogP contribution in [-0.2, 0) is 23.7 Å². The van der Waals surface area contributed by atoms with Gasteiger partial charge in [-0.15, -0.1) is 0 Å². The third-order valence-electron chi connectivity index (χ3n) is 4.44. The summed E-state index contributed by atoms with van der Waals surface area (Å²) in [4.78, 5) is 0. The van der Waals surface area contributed by atoms with Crippen LogP contribution in [0.5, 0.6) is 0 Å². The van der Waals surface area contributed by atoms with Crippen LogP contribution >= 0.6 is 0 Å². The molecule has 25 heavy (non-hydrogen) atoms. The standard InChI is InChI=1S/C14H26O11/c1-21-11-5(3-15)24-14(10(20)7(11)17)25-12-6(4-16)23-13(22-2)9(19)8(12)18/h5-20H,3-4H2,1-2H3/t5?,6?,7-,8?,9?,10?,11-,12-,13-,14+/m1/s1. The first-order chi connectivity index (χ1) is 11.9. The summed E-state index contributed by atoms with van der Waals surface area (Å²) < 4.78 is 26.0. The monoisotopic (exact) mass is 370 g/mol. The van der Waals surface area contributed by atoms with Gasteiger partial charge in [0, 0.05) is 14.2 Å². The molecular formula is C14H26O11. The number of aliphatic hydroxyl groups excluding tert-OH is 6. The number of aliphatic hydroxyl groups is 6. The number of methoxy groups -OCH3 is 2. The summed E-state index contributed by atoms with van der Waals surface area (Å²) in [5.74, 6) is 0. The van der Waals surface area contributed by atoms with Crippen LogP contribution in [0.2, 0.25) is 0 Å². The van der Waals surface area contributed by atoms with Gasteiger partial charge in [0.2, 0.25) is 0 Å². The van der Waals surface area contributed by atoms with E-state index in [0.717, 1.165) is 0 Å². The number of hydrogen-bond donors (Lipinski definition) is 6. The largest absolute Gasteiger partial charge is 0.394 e. The molecule has 5 unspecified atom stereocenters. The highest BCUT2D eigenvalue weighted by Gasteiger charge is 2.50. The first kappa shape index (κ1) is 20.9. The molecule has 148 valence electrons. The molecular weight excluding hydrogens is 344 g/mol. The van der Waals surface area contributed by atoms with Gasteiger partial charge >= 0.3 is 0 Å². The average molecular weight is 370 g/mol. The van der Waals surface area contributed by atoms with Crippen molar-refractivity contribution >= 4 is 0 Å². The smallest absolute Gasteiger partial charge is 0.187 e. The van der Waals surface area contributed by atoms with Crippen molar-refractivity contribution in [3.8, 4) is 0 Å². The molecule has 0 aliphatic carbocycles. The Morgan fingerprint density at radius 3 is 1.68 bits per heavy atom. The summed E-state index contributed by atoms with van der Waals surface area (Å²) in [7, 11) is 2.55. The Morgan fingerprint density at radius 2 is 1.16 bits per heavy atom. The molecule has 2 aliphatic heterocycles. The average Bonchev–Trinajstić information content (AvgIpc) is 2.62. The van der Waals surface area contributed by atoms with Gasteiger partial charge in [0.1, 0.15) is 48.8 Å². The molecule has 10 atom stereocenters. The van der Waals surface area contributed by atoms with Crippen molar-refractivity contribution in [1.82, 2.24) is 0 Å². The third-order valence-corrected chi connectivity index (χ3v) is 4.44. The summed E-state index contributed by atoms with van der Waals surface area (Å²) in [6.07, 6.45) is -12.9. The fraction of sp³-hybridized carbons (Fsp3) is 1.00. The van der Waals surface area contributed by atoms with E-state index in [1.807, 2.05) is 0 Å². The first-order valence-corrected chi connectivity index (χ1v) is 7.85. The van der Waals surface area contributed by atoms with Crippen molar-refractivity contribution in [3.05, 3.63) is 0 Å². The predicted octanol–water partition coefficient (Wildman–Crippen LogP) is -4.09. The van der Waals surface area contributed by atoms with Crippen LogP contribution in [0.15, 0.2) is 0 Å². The quantitative estimate of drug-likeness (QED) is 0.269. The van der Waals surface area contributed by atoms with Gasteiger partial charge in [-0.3, -0.25) is 0 Å². The maximum atomic E-state index is 10.2. The fourth-order valence-corrected chi connectivity index (χ4v) is 3.03. The Morgan fingerprint density at radius 1 is 0.680 bits per heavy atom. The van der Waals surface area contributed by atoms with Crippen molar-refractivity contribution in [3.63, 3.8) is 0 Å². The first-order valence-electron chi connectivity index (χ1n) is 7.85. The summed E-state index contributed by atoms with van der Waals surface area (Å²) >= 11 is 0. The SMILES string of the molecule is CO[C@@H]1OC(CO)[C@@H](O[C@@H]2OC(CO)[C@@H](OC)[C@H](O)C2O)C(O)C1O. The predicted molar refractivity (Wildman–Crippen MR) is 78.2 cm³/mol. The molecule has 11 nitrogen and oxygen atoms in total. The Hall–Kier alpha value is -0.440. The van der Waals surface area contributed by atoms with E-state index in [2.05, 4.69) is 0 Å². The van der Waals surface area contributed by atoms with Gasteiger partial charge < -0.3 is 54.3 Å². The summed E-state index contributed by atoms with van der Waals surface area (Å²) in [6.45, 7) is -1.08. The van der Waals surface area contributed by atoms with Gasteiger partial charge in [0.05, 0.1) is 13.2 Å². The maximum absolute atomic E-state index is 10.2. The van der Waals surface area contributed by atoms with Crippen molar-refractivity contribution in [2.75, 3.05) is 27.4 Å². The van der Waals surface area contributed by atoms with Gasteiger partial charge in [0.15, 0.2) is 12.6 Å². The van der Waals surface area contributed by atoms with Crippen LogP contribution in [0.25, 0.3) is 0 Å². The molecule has 2 heterocycles. The van der Waals surface area contributed by atoms with Gasteiger partial charge in [-0.1, -0.05) is 0 Å². The molecule has 0 saturated carbocycles. The van der Waals surface area contributed by atoms with E-state index in [1.165, 1.54) is 14.2 Å². The molecule has 0 radical (unpaired) electrons. The zero-order chi connectivity index (χ0) is 18.7. The normalized spacial score (nSPS) is 48.5. The maximum Gasteiger partial charge on any atom is 0.187 e. The highest BCUT2D eigenvalue weighted by atomic mass is 16.7. The lowest BCUT2D eigenvalue weighted by molar-refractivity contribution is -0.358. The molecule has 2 rings (SSSR count). The highest BCUT2D eigenvalue weighted by molar-refractivity contribution is 4.94. The van der Waals surface area contributed by atoms with Crippen LogP contribution in [0.3, 0.4) is 0 Å². The van der Waals surface area contributed by atoms with Crippen molar-refractivity contribution in [2.45, 2.75) is 61.4 Å². The molecule has 11 heteroatoms. The third kappa shape index (κ3) is 4.12. The van der Waals surface area contributed by atoms with E-state index in [1.54, 1.807) is 0 Å². The summed E-state index contributed by atoms with van der Waals surface area (Å²) in [6, 6.07) is 0. The van der Waals surface area contributed by atoms with Crippen LogP contribution in [0, 0.1) is 0 Å². The van der Waals surface area contributed by atoms with E-state index >= 15 is 0 Å². The van der Waals surface area contributed by atoms with Crippen molar-refractivity contribution in [1.29, 1.82) is 0 Å². The second-order valence-corrected chi connectivity index (χ2v) is 5.95. The van der Waals surface area contributed by atoms with E-state index in [4.69, 9.17) is 23.7 Å². The topological polar surface area (TPSA) is 168 Å². The van der Waals surface area contributed by atoms with Crippen molar-refractivity contribution < 1.29 is 54.3 Å². The molecule has 0 amide bonds. The van der Waals surface area contributed by atoms with Gasteiger partial charge in [-0.05, 0) is 0 Å². The number of ether oxygens (including phenoxy) is 5. The minimum atomic E-state index is -1.56. The number of hydrogen-bond acceptors (Lipinski definition) is 11. The van der Waals surface area contributed by atoms with Gasteiger partial charge in [-0.25, -0.2) is 0 Å². The van der Waals surface area contributed by atoms with E-state index < -0.39 is 74.6 Å². The van der Waals surface area contributed by atoms with E-state index in [9.17, 15) is 30.6 Å². The van der Waals surface area contributed by atoms with Crippen LogP contribution in [0.1, 0.15) is 0 Å².